The van der Waals surface area contributed by atoms with E-state index in [0.717, 1.165) is 0 Å². The first-order chi connectivity index (χ1) is 5.66. The molecule has 0 saturated heterocycles. The highest BCUT2D eigenvalue weighted by atomic mass is 32.2. The highest BCUT2D eigenvalue weighted by Gasteiger charge is 1.97. The van der Waals surface area contributed by atoms with Crippen LogP contribution in [0.4, 0.5) is 0 Å². The van der Waals surface area contributed by atoms with Crippen molar-refractivity contribution >= 4 is 16.8 Å². The lowest BCUT2D eigenvalue weighted by atomic mass is 10.4. The first-order valence-corrected chi connectivity index (χ1v) is 5.43. The van der Waals surface area contributed by atoms with Crippen LogP contribution in [0.2, 0.25) is 0 Å². The summed E-state index contributed by atoms with van der Waals surface area (Å²) in [5.41, 5.74) is 0. The third-order valence-corrected chi connectivity index (χ3v) is 2.65. The summed E-state index contributed by atoms with van der Waals surface area (Å²) in [7, 11) is -0.751. The fourth-order valence-corrected chi connectivity index (χ4v) is 1.31. The molecule has 4 nitrogen and oxygen atoms in total. The molecule has 0 saturated carbocycles. The van der Waals surface area contributed by atoms with Crippen LogP contribution in [-0.4, -0.2) is 39.9 Å². The molecule has 0 fully saturated rings. The molecule has 1 atom stereocenters. The number of carboxylic acids is 1. The smallest absolute Gasteiger partial charge is 0.304 e. The Morgan fingerprint density at radius 1 is 1.50 bits per heavy atom. The normalized spacial score (nSPS) is 12.8. The van der Waals surface area contributed by atoms with Crippen LogP contribution in [0, 0.1) is 0 Å². The second-order valence-electron chi connectivity index (χ2n) is 2.33. The van der Waals surface area contributed by atoms with Gasteiger partial charge in [0.15, 0.2) is 0 Å². The van der Waals surface area contributed by atoms with Gasteiger partial charge in [-0.2, -0.15) is 0 Å². The predicted molar refractivity (Wildman–Crippen MR) is 48.7 cm³/mol. The fraction of sp³-hybridized carbons (Fsp3) is 0.857. The molecule has 0 heterocycles. The molecule has 0 aliphatic rings. The van der Waals surface area contributed by atoms with Gasteiger partial charge in [-0.1, -0.05) is 6.92 Å². The molecule has 1 unspecified atom stereocenters. The van der Waals surface area contributed by atoms with E-state index in [4.69, 9.17) is 5.11 Å². The van der Waals surface area contributed by atoms with E-state index in [-0.39, 0.29) is 6.42 Å². The van der Waals surface area contributed by atoms with Crippen LogP contribution in [0.5, 0.6) is 0 Å². The third-order valence-electron chi connectivity index (χ3n) is 1.34. The average Bonchev–Trinajstić information content (AvgIpc) is 2.03. The molecule has 0 aromatic carbocycles. The van der Waals surface area contributed by atoms with Gasteiger partial charge in [0.1, 0.15) is 0 Å². The monoisotopic (exact) mass is 193 g/mol. The van der Waals surface area contributed by atoms with Gasteiger partial charge in [0.2, 0.25) is 0 Å². The van der Waals surface area contributed by atoms with E-state index in [2.05, 4.69) is 5.32 Å². The highest BCUT2D eigenvalue weighted by molar-refractivity contribution is 7.84. The van der Waals surface area contributed by atoms with Crippen LogP contribution in [0.1, 0.15) is 13.3 Å². The number of carbonyl (C=O) groups is 1. The van der Waals surface area contributed by atoms with Crippen LogP contribution < -0.4 is 5.32 Å². The van der Waals surface area contributed by atoms with Gasteiger partial charge < -0.3 is 10.4 Å². The zero-order valence-corrected chi connectivity index (χ0v) is 8.02. The Bertz CT molecular complexity index is 161. The summed E-state index contributed by atoms with van der Waals surface area (Å²) in [5, 5.41) is 11.2. The van der Waals surface area contributed by atoms with Gasteiger partial charge in [-0.15, -0.1) is 0 Å². The van der Waals surface area contributed by atoms with Gasteiger partial charge >= 0.3 is 5.97 Å². The minimum atomic E-state index is -0.806. The molecule has 0 spiro atoms. The lowest BCUT2D eigenvalue weighted by Crippen LogP contribution is -2.23. The molecule has 0 bridgehead atoms. The average molecular weight is 193 g/mol. The molecule has 0 radical (unpaired) electrons. The standard InChI is InChI=1S/C7H15NO3S/c1-2-12(11)6-5-8-4-3-7(9)10/h8H,2-6H2,1H3,(H,9,10). The van der Waals surface area contributed by atoms with Crippen LogP contribution in [-0.2, 0) is 15.6 Å². The molecule has 72 valence electrons. The summed E-state index contributed by atoms with van der Waals surface area (Å²) in [6.45, 7) is 2.96. The lowest BCUT2D eigenvalue weighted by molar-refractivity contribution is -0.136. The van der Waals surface area contributed by atoms with E-state index in [1.165, 1.54) is 0 Å². The van der Waals surface area contributed by atoms with Crippen molar-refractivity contribution in [2.45, 2.75) is 13.3 Å². The zero-order valence-electron chi connectivity index (χ0n) is 7.21. The Morgan fingerprint density at radius 3 is 2.67 bits per heavy atom. The van der Waals surface area contributed by atoms with Crippen LogP contribution >= 0.6 is 0 Å². The quantitative estimate of drug-likeness (QED) is 0.550. The lowest BCUT2D eigenvalue weighted by Gasteiger charge is -2.00. The van der Waals surface area contributed by atoms with Crippen LogP contribution in [0.15, 0.2) is 0 Å². The minimum absolute atomic E-state index is 0.124. The Morgan fingerprint density at radius 2 is 2.17 bits per heavy atom. The van der Waals surface area contributed by atoms with Crippen molar-refractivity contribution in [3.05, 3.63) is 0 Å². The van der Waals surface area contributed by atoms with E-state index in [1.807, 2.05) is 6.92 Å². The van der Waals surface area contributed by atoms with Crippen molar-refractivity contribution in [3.8, 4) is 0 Å². The van der Waals surface area contributed by atoms with Crippen molar-refractivity contribution < 1.29 is 14.1 Å². The highest BCUT2D eigenvalue weighted by Crippen LogP contribution is 1.80. The Kier molecular flexibility index (Phi) is 6.99. The summed E-state index contributed by atoms with van der Waals surface area (Å²) in [6.07, 6.45) is 0.124. The van der Waals surface area contributed by atoms with E-state index < -0.39 is 16.8 Å². The van der Waals surface area contributed by atoms with Crippen molar-refractivity contribution in [3.63, 3.8) is 0 Å². The Labute approximate surface area is 74.8 Å². The number of aliphatic carboxylic acids is 1. The molecule has 0 amide bonds. The topological polar surface area (TPSA) is 66.4 Å². The van der Waals surface area contributed by atoms with E-state index in [9.17, 15) is 9.00 Å². The summed E-state index contributed by atoms with van der Waals surface area (Å²) in [4.78, 5) is 10.1. The summed E-state index contributed by atoms with van der Waals surface area (Å²) >= 11 is 0. The molecule has 0 aliphatic carbocycles. The van der Waals surface area contributed by atoms with E-state index >= 15 is 0 Å². The minimum Gasteiger partial charge on any atom is -0.481 e. The van der Waals surface area contributed by atoms with Crippen molar-refractivity contribution in [2.75, 3.05) is 24.6 Å². The fourth-order valence-electron chi connectivity index (χ4n) is 0.651. The number of hydrogen-bond donors (Lipinski definition) is 2. The van der Waals surface area contributed by atoms with Gasteiger partial charge in [-0.05, 0) is 0 Å². The first-order valence-electron chi connectivity index (χ1n) is 3.94. The predicted octanol–water partition coefficient (Wildman–Crippen LogP) is -0.181. The van der Waals surface area contributed by atoms with Gasteiger partial charge in [-0.3, -0.25) is 9.00 Å². The van der Waals surface area contributed by atoms with Crippen LogP contribution in [0.25, 0.3) is 0 Å². The SMILES string of the molecule is CCS(=O)CCNCCC(=O)O. The summed E-state index contributed by atoms with van der Waals surface area (Å²) in [6, 6.07) is 0. The number of rotatable bonds is 7. The molecule has 2 N–H and O–H groups in total. The first kappa shape index (κ1) is 11.6. The summed E-state index contributed by atoms with van der Waals surface area (Å²) in [5.74, 6) is 0.468. The van der Waals surface area contributed by atoms with E-state index in [1.54, 1.807) is 0 Å². The molecular formula is C7H15NO3S. The molecular weight excluding hydrogens is 178 g/mol. The van der Waals surface area contributed by atoms with Gasteiger partial charge in [-0.25, -0.2) is 0 Å². The van der Waals surface area contributed by atoms with Gasteiger partial charge in [0, 0.05) is 35.4 Å². The van der Waals surface area contributed by atoms with Crippen molar-refractivity contribution in [1.82, 2.24) is 5.32 Å². The molecule has 5 heteroatoms. The Hall–Kier alpha value is -0.420. The maximum Gasteiger partial charge on any atom is 0.304 e. The molecule has 0 aliphatic heterocycles. The number of carboxylic acid groups (broad SMARTS) is 1. The van der Waals surface area contributed by atoms with Crippen LogP contribution in [0.3, 0.4) is 0 Å². The zero-order chi connectivity index (χ0) is 9.40. The second-order valence-corrected chi connectivity index (χ2v) is 4.19. The second kappa shape index (κ2) is 7.24. The molecule has 12 heavy (non-hydrogen) atoms. The van der Waals surface area contributed by atoms with Crippen molar-refractivity contribution in [2.24, 2.45) is 0 Å². The summed E-state index contributed by atoms with van der Waals surface area (Å²) < 4.78 is 10.9. The molecule has 0 aromatic heterocycles. The Balaban J connectivity index is 3.11. The van der Waals surface area contributed by atoms with Gasteiger partial charge in [0.25, 0.3) is 0 Å². The van der Waals surface area contributed by atoms with Crippen molar-refractivity contribution in [1.29, 1.82) is 0 Å². The molecule has 0 rings (SSSR count). The number of hydrogen-bond acceptors (Lipinski definition) is 3. The molecule has 0 aromatic rings. The number of nitrogens with one attached hydrogen (secondary N) is 1. The van der Waals surface area contributed by atoms with E-state index in [0.29, 0.717) is 24.6 Å². The third kappa shape index (κ3) is 7.68. The maximum absolute atomic E-state index is 10.9. The maximum atomic E-state index is 10.9. The van der Waals surface area contributed by atoms with Gasteiger partial charge in [0.05, 0.1) is 6.42 Å². The largest absolute Gasteiger partial charge is 0.481 e.